The molecule has 1 heterocycles. The molecule has 5 nitrogen and oxygen atoms in total. The molecule has 4 atom stereocenters. The SMILES string of the molecule is C=C1CC[C@@]2(O)C3Cc4ccc(C(N)=O)c(O)c4C2(CC[N@@+]3(C)CC2CC2)C1. The molecule has 1 amide bonds. The fourth-order valence-corrected chi connectivity index (χ4v) is 6.85. The number of rotatable bonds is 3. The zero-order valence-corrected chi connectivity index (χ0v) is 16.7. The van der Waals surface area contributed by atoms with Crippen LogP contribution in [-0.2, 0) is 11.8 Å². The second kappa shape index (κ2) is 5.61. The highest BCUT2D eigenvalue weighted by Crippen LogP contribution is 2.62. The van der Waals surface area contributed by atoms with Gasteiger partial charge in [-0.2, -0.15) is 0 Å². The first-order valence-electron chi connectivity index (χ1n) is 10.6. The molecule has 4 N–H and O–H groups in total. The lowest BCUT2D eigenvalue weighted by Crippen LogP contribution is -2.78. The second-order valence-corrected chi connectivity index (χ2v) is 10.1. The molecule has 3 fully saturated rings. The van der Waals surface area contributed by atoms with E-state index in [0.29, 0.717) is 12.8 Å². The molecule has 0 aromatic heterocycles. The normalized spacial score (nSPS) is 39.2. The number of quaternary nitrogens is 1. The van der Waals surface area contributed by atoms with E-state index >= 15 is 0 Å². The summed E-state index contributed by atoms with van der Waals surface area (Å²) in [6.07, 6.45) is 6.31. The first kappa shape index (κ1) is 18.2. The van der Waals surface area contributed by atoms with E-state index in [1.165, 1.54) is 12.8 Å². The Morgan fingerprint density at radius 2 is 2.11 bits per heavy atom. The van der Waals surface area contributed by atoms with Crippen LogP contribution in [0, 0.1) is 5.92 Å². The first-order chi connectivity index (χ1) is 13.2. The summed E-state index contributed by atoms with van der Waals surface area (Å²) in [7, 11) is 2.32. The van der Waals surface area contributed by atoms with Gasteiger partial charge in [0, 0.05) is 29.7 Å². The predicted octanol–water partition coefficient (Wildman–Crippen LogP) is 2.39. The number of likely N-dealkylation sites (tertiary alicyclic amines) is 1. The van der Waals surface area contributed by atoms with E-state index in [2.05, 4.69) is 13.6 Å². The van der Waals surface area contributed by atoms with Gasteiger partial charge in [0.1, 0.15) is 17.4 Å². The van der Waals surface area contributed by atoms with Gasteiger partial charge < -0.3 is 20.4 Å². The third-order valence-electron chi connectivity index (χ3n) is 8.39. The molecule has 0 spiro atoms. The van der Waals surface area contributed by atoms with E-state index < -0.39 is 16.9 Å². The van der Waals surface area contributed by atoms with Crippen molar-refractivity contribution in [1.82, 2.24) is 0 Å². The zero-order valence-electron chi connectivity index (χ0n) is 16.7. The number of primary amides is 1. The molecule has 1 aliphatic heterocycles. The fourth-order valence-electron chi connectivity index (χ4n) is 6.85. The summed E-state index contributed by atoms with van der Waals surface area (Å²) in [6, 6.07) is 3.71. The number of amides is 1. The molecule has 150 valence electrons. The number of aliphatic hydroxyl groups is 1. The Labute approximate surface area is 166 Å². The largest absolute Gasteiger partial charge is 0.507 e. The Balaban J connectivity index is 1.73. The lowest BCUT2D eigenvalue weighted by molar-refractivity contribution is -0.950. The molecule has 28 heavy (non-hydrogen) atoms. The summed E-state index contributed by atoms with van der Waals surface area (Å²) in [5.74, 6) is 0.142. The number of nitrogens with zero attached hydrogens (tertiary/aromatic N) is 1. The molecular weight excluding hydrogens is 352 g/mol. The van der Waals surface area contributed by atoms with Crippen LogP contribution in [0.5, 0.6) is 5.75 Å². The van der Waals surface area contributed by atoms with Gasteiger partial charge in [-0.25, -0.2) is 0 Å². The number of carbonyl (C=O) groups is 1. The van der Waals surface area contributed by atoms with Gasteiger partial charge in [-0.1, -0.05) is 18.2 Å². The molecule has 4 aliphatic rings. The Hall–Kier alpha value is -1.85. The Morgan fingerprint density at radius 3 is 2.79 bits per heavy atom. The Kier molecular flexibility index (Phi) is 3.64. The Bertz CT molecular complexity index is 892. The summed E-state index contributed by atoms with van der Waals surface area (Å²) in [5.41, 5.74) is 7.17. The van der Waals surface area contributed by atoms with E-state index in [4.69, 9.17) is 5.73 Å². The molecule has 2 saturated carbocycles. The number of carbonyl (C=O) groups excluding carboxylic acids is 1. The van der Waals surface area contributed by atoms with Gasteiger partial charge in [0.05, 0.1) is 25.7 Å². The minimum atomic E-state index is -0.892. The number of piperidine rings is 1. The van der Waals surface area contributed by atoms with Crippen molar-refractivity contribution in [2.45, 2.75) is 62.0 Å². The van der Waals surface area contributed by atoms with E-state index in [0.717, 1.165) is 59.5 Å². The highest BCUT2D eigenvalue weighted by atomic mass is 16.3. The number of fused-ring (bicyclic) bond motifs is 1. The van der Waals surface area contributed by atoms with Gasteiger partial charge in [0.15, 0.2) is 0 Å². The zero-order chi connectivity index (χ0) is 19.9. The minimum Gasteiger partial charge on any atom is -0.507 e. The average molecular weight is 384 g/mol. The number of nitrogens with two attached hydrogens (primary N) is 1. The average Bonchev–Trinajstić information content (AvgIpc) is 3.43. The maximum atomic E-state index is 12.3. The van der Waals surface area contributed by atoms with Crippen LogP contribution in [0.4, 0.5) is 0 Å². The van der Waals surface area contributed by atoms with Crippen molar-refractivity contribution < 1.29 is 19.5 Å². The third kappa shape index (κ3) is 2.23. The molecule has 5 heteroatoms. The summed E-state index contributed by atoms with van der Waals surface area (Å²) in [5, 5.41) is 23.4. The van der Waals surface area contributed by atoms with E-state index in [1.54, 1.807) is 6.07 Å². The van der Waals surface area contributed by atoms with E-state index in [9.17, 15) is 15.0 Å². The molecule has 1 aromatic rings. The van der Waals surface area contributed by atoms with E-state index in [1.807, 2.05) is 6.07 Å². The van der Waals surface area contributed by atoms with Gasteiger partial charge in [-0.15, -0.1) is 0 Å². The van der Waals surface area contributed by atoms with E-state index in [-0.39, 0.29) is 17.4 Å². The Morgan fingerprint density at radius 1 is 1.36 bits per heavy atom. The molecule has 0 radical (unpaired) electrons. The van der Waals surface area contributed by atoms with Crippen LogP contribution in [0.1, 0.15) is 60.0 Å². The molecule has 2 bridgehead atoms. The first-order valence-corrected chi connectivity index (χ1v) is 10.6. The highest BCUT2D eigenvalue weighted by Gasteiger charge is 2.69. The maximum Gasteiger partial charge on any atom is 0.252 e. The van der Waals surface area contributed by atoms with Crippen molar-refractivity contribution in [1.29, 1.82) is 0 Å². The number of aromatic hydroxyl groups is 1. The van der Waals surface area contributed by atoms with Gasteiger partial charge in [0.25, 0.3) is 5.91 Å². The topological polar surface area (TPSA) is 83.5 Å². The molecular formula is C23H31N2O3+. The number of phenols is 1. The minimum absolute atomic E-state index is 0.0186. The van der Waals surface area contributed by atoms with Gasteiger partial charge >= 0.3 is 0 Å². The number of allylic oxidation sites excluding steroid dienone is 1. The van der Waals surface area contributed by atoms with Crippen LogP contribution in [0.15, 0.2) is 24.3 Å². The van der Waals surface area contributed by atoms with Crippen LogP contribution in [0.25, 0.3) is 0 Å². The van der Waals surface area contributed by atoms with Crippen LogP contribution in [-0.4, -0.2) is 52.4 Å². The van der Waals surface area contributed by atoms with Crippen molar-refractivity contribution in [3.63, 3.8) is 0 Å². The molecule has 1 saturated heterocycles. The van der Waals surface area contributed by atoms with Crippen LogP contribution >= 0.6 is 0 Å². The number of benzene rings is 1. The van der Waals surface area contributed by atoms with Gasteiger partial charge in [0.2, 0.25) is 0 Å². The number of hydrogen-bond acceptors (Lipinski definition) is 3. The lowest BCUT2D eigenvalue weighted by atomic mass is 9.48. The third-order valence-corrected chi connectivity index (χ3v) is 8.39. The molecule has 2 unspecified atom stereocenters. The second-order valence-electron chi connectivity index (χ2n) is 10.1. The van der Waals surface area contributed by atoms with Gasteiger partial charge in [-0.05, 0) is 43.7 Å². The van der Waals surface area contributed by atoms with Crippen LogP contribution in [0.3, 0.4) is 0 Å². The number of likely N-dealkylation sites (N-methyl/N-ethyl adjacent to an activating group) is 1. The van der Waals surface area contributed by atoms with Crippen molar-refractivity contribution >= 4 is 5.91 Å². The summed E-state index contributed by atoms with van der Waals surface area (Å²) < 4.78 is 0.910. The molecule has 3 aliphatic carbocycles. The van der Waals surface area contributed by atoms with Crippen molar-refractivity contribution in [3.8, 4) is 5.75 Å². The maximum absolute atomic E-state index is 12.3. The van der Waals surface area contributed by atoms with Crippen LogP contribution in [0.2, 0.25) is 0 Å². The number of hydrogen-bond donors (Lipinski definition) is 3. The van der Waals surface area contributed by atoms with Gasteiger partial charge in [-0.3, -0.25) is 4.79 Å². The standard InChI is InChI=1S/C23H30N2O3/c1-14-7-8-23(28)18-11-16-5-6-17(21(24)27)20(26)19(16)22(23,12-14)9-10-25(18,2)13-15-3-4-15/h5-6,15,18,28H,1,3-4,7-13H2,2H3,(H2-,24,26,27)/p+1/t18?,22?,23-,25+/m1/s1. The van der Waals surface area contributed by atoms with Crippen molar-refractivity contribution in [2.24, 2.45) is 11.7 Å². The molecule has 1 aromatic carbocycles. The smallest absolute Gasteiger partial charge is 0.252 e. The quantitative estimate of drug-likeness (QED) is 0.554. The fraction of sp³-hybridized carbons (Fsp3) is 0.609. The van der Waals surface area contributed by atoms with Crippen molar-refractivity contribution in [3.05, 3.63) is 41.0 Å². The molecule has 5 rings (SSSR count). The summed E-state index contributed by atoms with van der Waals surface area (Å²) >= 11 is 0. The summed E-state index contributed by atoms with van der Waals surface area (Å²) in [6.45, 7) is 6.36. The van der Waals surface area contributed by atoms with Crippen molar-refractivity contribution in [2.75, 3.05) is 20.1 Å². The lowest BCUT2D eigenvalue weighted by Gasteiger charge is -2.65. The predicted molar refractivity (Wildman–Crippen MR) is 107 cm³/mol. The van der Waals surface area contributed by atoms with Crippen LogP contribution < -0.4 is 5.73 Å². The summed E-state index contributed by atoms with van der Waals surface area (Å²) in [4.78, 5) is 11.9. The monoisotopic (exact) mass is 383 g/mol. The highest BCUT2D eigenvalue weighted by molar-refractivity contribution is 5.96.